The minimum absolute atomic E-state index is 0.119. The number of amides is 1. The normalized spacial score (nSPS) is 18.1. The Hall–Kier alpha value is -3.52. The number of carbonyl (C=O) groups is 1. The van der Waals surface area contributed by atoms with Crippen molar-refractivity contribution in [2.75, 3.05) is 34.2 Å². The maximum atomic E-state index is 13.4. The number of hydrogen-bond acceptors (Lipinski definition) is 5. The molecule has 0 unspecified atom stereocenters. The number of piperidine rings is 1. The number of nitrogens with one attached hydrogen (secondary N) is 1. The van der Waals surface area contributed by atoms with E-state index in [1.54, 1.807) is 54.6 Å². The van der Waals surface area contributed by atoms with E-state index >= 15 is 0 Å². The standard InChI is InChI=1S/C26H27N3O4S/c30-26(27-20-13-15-21(16-14-20)28-17-7-2-8-18-28)25-19-29(23-11-5-6-12-24(23)33-25)34(31,32)22-9-3-1-4-10-22/h1,3-6,9-16,25H,2,7-8,17-19H2,(H,27,30)/t25-/m0/s1. The molecule has 1 N–H and O–H groups in total. The SMILES string of the molecule is O=C(Nc1ccc(N2CCCCC2)cc1)[C@@H]1CN(S(=O)(=O)c2ccccc2)c2ccccc2O1. The van der Waals surface area contributed by atoms with Crippen LogP contribution in [-0.4, -0.2) is 40.1 Å². The van der Waals surface area contributed by atoms with E-state index in [2.05, 4.69) is 10.2 Å². The lowest BCUT2D eigenvalue weighted by Crippen LogP contribution is -2.48. The first-order chi connectivity index (χ1) is 16.5. The lowest BCUT2D eigenvalue weighted by molar-refractivity contribution is -0.122. The summed E-state index contributed by atoms with van der Waals surface area (Å²) in [5.41, 5.74) is 2.20. The summed E-state index contributed by atoms with van der Waals surface area (Å²) in [6.07, 6.45) is 2.67. The smallest absolute Gasteiger partial charge is 0.267 e. The summed E-state index contributed by atoms with van der Waals surface area (Å²) >= 11 is 0. The molecular weight excluding hydrogens is 450 g/mol. The molecule has 2 aliphatic rings. The van der Waals surface area contributed by atoms with Gasteiger partial charge in [0, 0.05) is 24.5 Å². The molecule has 2 aliphatic heterocycles. The largest absolute Gasteiger partial charge is 0.476 e. The zero-order valence-corrected chi connectivity index (χ0v) is 19.6. The van der Waals surface area contributed by atoms with E-state index in [9.17, 15) is 13.2 Å². The molecule has 1 fully saturated rings. The monoisotopic (exact) mass is 477 g/mol. The average molecular weight is 478 g/mol. The highest BCUT2D eigenvalue weighted by molar-refractivity contribution is 7.92. The molecule has 7 nitrogen and oxygen atoms in total. The van der Waals surface area contributed by atoms with Gasteiger partial charge in [-0.2, -0.15) is 0 Å². The minimum Gasteiger partial charge on any atom is -0.476 e. The summed E-state index contributed by atoms with van der Waals surface area (Å²) in [4.78, 5) is 15.6. The van der Waals surface area contributed by atoms with Gasteiger partial charge in [-0.3, -0.25) is 9.10 Å². The van der Waals surface area contributed by atoms with Crippen molar-refractivity contribution < 1.29 is 17.9 Å². The number of ether oxygens (including phenoxy) is 1. The lowest BCUT2D eigenvalue weighted by atomic mass is 10.1. The van der Waals surface area contributed by atoms with Gasteiger partial charge in [0.1, 0.15) is 5.75 Å². The van der Waals surface area contributed by atoms with Crippen molar-refractivity contribution in [3.63, 3.8) is 0 Å². The van der Waals surface area contributed by atoms with Crippen LogP contribution in [0.15, 0.2) is 83.8 Å². The second-order valence-corrected chi connectivity index (χ2v) is 10.4. The topological polar surface area (TPSA) is 79.0 Å². The minimum atomic E-state index is -3.86. The third-order valence-electron chi connectivity index (χ3n) is 6.21. The van der Waals surface area contributed by atoms with Crippen LogP contribution in [0.25, 0.3) is 0 Å². The second kappa shape index (κ2) is 9.38. The molecule has 2 heterocycles. The van der Waals surface area contributed by atoms with E-state index in [0.29, 0.717) is 17.1 Å². The van der Waals surface area contributed by atoms with Crippen LogP contribution in [0.1, 0.15) is 19.3 Å². The molecule has 1 atom stereocenters. The Kier molecular flexibility index (Phi) is 6.15. The summed E-state index contributed by atoms with van der Waals surface area (Å²) in [5, 5.41) is 2.88. The van der Waals surface area contributed by atoms with Gasteiger partial charge in [-0.25, -0.2) is 8.42 Å². The van der Waals surface area contributed by atoms with Gasteiger partial charge in [0.2, 0.25) is 0 Å². The maximum Gasteiger partial charge on any atom is 0.267 e. The molecule has 0 radical (unpaired) electrons. The van der Waals surface area contributed by atoms with Crippen LogP contribution in [0.3, 0.4) is 0 Å². The van der Waals surface area contributed by atoms with Gasteiger partial charge in [0.25, 0.3) is 15.9 Å². The van der Waals surface area contributed by atoms with Gasteiger partial charge in [-0.15, -0.1) is 0 Å². The fourth-order valence-corrected chi connectivity index (χ4v) is 5.91. The molecular formula is C26H27N3O4S. The summed E-state index contributed by atoms with van der Waals surface area (Å²) in [6, 6.07) is 22.8. The molecule has 34 heavy (non-hydrogen) atoms. The van der Waals surface area contributed by atoms with Crippen molar-refractivity contribution in [1.82, 2.24) is 0 Å². The highest BCUT2D eigenvalue weighted by Crippen LogP contribution is 2.37. The van der Waals surface area contributed by atoms with Crippen LogP contribution in [0, 0.1) is 0 Å². The molecule has 0 bridgehead atoms. The maximum absolute atomic E-state index is 13.4. The van der Waals surface area contributed by atoms with E-state index < -0.39 is 22.0 Å². The first-order valence-corrected chi connectivity index (χ1v) is 13.0. The lowest BCUT2D eigenvalue weighted by Gasteiger charge is -2.34. The van der Waals surface area contributed by atoms with Crippen LogP contribution >= 0.6 is 0 Å². The van der Waals surface area contributed by atoms with Crippen LogP contribution in [0.5, 0.6) is 5.75 Å². The van der Waals surface area contributed by atoms with E-state index in [4.69, 9.17) is 4.74 Å². The molecule has 0 aromatic heterocycles. The molecule has 3 aromatic carbocycles. The first-order valence-electron chi connectivity index (χ1n) is 11.5. The zero-order chi connectivity index (χ0) is 23.5. The van der Waals surface area contributed by atoms with Crippen LogP contribution in [-0.2, 0) is 14.8 Å². The van der Waals surface area contributed by atoms with Crippen LogP contribution in [0.4, 0.5) is 17.1 Å². The van der Waals surface area contributed by atoms with Crippen molar-refractivity contribution in [3.05, 3.63) is 78.9 Å². The molecule has 0 aliphatic carbocycles. The summed E-state index contributed by atoms with van der Waals surface area (Å²) < 4.78 is 34.0. The number of nitrogens with zero attached hydrogens (tertiary/aromatic N) is 2. The van der Waals surface area contributed by atoms with Gasteiger partial charge >= 0.3 is 0 Å². The van der Waals surface area contributed by atoms with Gasteiger partial charge in [-0.05, 0) is 67.8 Å². The van der Waals surface area contributed by atoms with Gasteiger partial charge in [0.15, 0.2) is 6.10 Å². The number of fused-ring (bicyclic) bond motifs is 1. The third kappa shape index (κ3) is 4.46. The number of hydrogen-bond donors (Lipinski definition) is 1. The molecule has 1 amide bonds. The molecule has 176 valence electrons. The Morgan fingerprint density at radius 1 is 0.853 bits per heavy atom. The number of para-hydroxylation sites is 2. The number of rotatable bonds is 5. The number of anilines is 3. The highest BCUT2D eigenvalue weighted by Gasteiger charge is 2.37. The van der Waals surface area contributed by atoms with Gasteiger partial charge < -0.3 is 15.0 Å². The van der Waals surface area contributed by atoms with E-state index in [1.165, 1.54) is 23.6 Å². The highest BCUT2D eigenvalue weighted by atomic mass is 32.2. The summed E-state index contributed by atoms with van der Waals surface area (Å²) in [5.74, 6) is -0.0395. The van der Waals surface area contributed by atoms with Gasteiger partial charge in [0.05, 0.1) is 17.1 Å². The Balaban J connectivity index is 1.35. The second-order valence-electron chi connectivity index (χ2n) is 8.51. The Bertz CT molecular complexity index is 1260. The molecule has 5 rings (SSSR count). The van der Waals surface area contributed by atoms with E-state index in [1.807, 2.05) is 24.3 Å². The van der Waals surface area contributed by atoms with Crippen molar-refractivity contribution in [3.8, 4) is 5.75 Å². The van der Waals surface area contributed by atoms with Crippen molar-refractivity contribution >= 4 is 33.0 Å². The predicted molar refractivity (Wildman–Crippen MR) is 133 cm³/mol. The molecule has 8 heteroatoms. The third-order valence-corrected chi connectivity index (χ3v) is 8.01. The molecule has 3 aromatic rings. The van der Waals surface area contributed by atoms with E-state index in [-0.39, 0.29) is 11.4 Å². The van der Waals surface area contributed by atoms with Gasteiger partial charge in [-0.1, -0.05) is 30.3 Å². The Morgan fingerprint density at radius 3 is 2.26 bits per heavy atom. The van der Waals surface area contributed by atoms with Crippen molar-refractivity contribution in [2.24, 2.45) is 0 Å². The van der Waals surface area contributed by atoms with Crippen LogP contribution in [0.2, 0.25) is 0 Å². The summed E-state index contributed by atoms with van der Waals surface area (Å²) in [6.45, 7) is 1.98. The summed E-state index contributed by atoms with van der Waals surface area (Å²) in [7, 11) is -3.86. The predicted octanol–water partition coefficient (Wildman–Crippen LogP) is 4.27. The zero-order valence-electron chi connectivity index (χ0n) is 18.8. The molecule has 1 saturated heterocycles. The number of sulfonamides is 1. The Morgan fingerprint density at radius 2 is 1.53 bits per heavy atom. The number of carbonyl (C=O) groups excluding carboxylic acids is 1. The van der Waals surface area contributed by atoms with Crippen LogP contribution < -0.4 is 19.3 Å². The Labute approximate surface area is 200 Å². The van der Waals surface area contributed by atoms with E-state index in [0.717, 1.165) is 18.8 Å². The number of benzene rings is 3. The molecule has 0 spiro atoms. The fraction of sp³-hybridized carbons (Fsp3) is 0.269. The first kappa shape index (κ1) is 22.3. The molecule has 0 saturated carbocycles. The quantitative estimate of drug-likeness (QED) is 0.594. The average Bonchev–Trinajstić information content (AvgIpc) is 2.89. The van der Waals surface area contributed by atoms with Crippen molar-refractivity contribution in [2.45, 2.75) is 30.3 Å². The fourth-order valence-electron chi connectivity index (χ4n) is 4.42. The van der Waals surface area contributed by atoms with Crippen molar-refractivity contribution in [1.29, 1.82) is 0 Å².